The molecule has 21 heavy (non-hydrogen) atoms. The number of benzene rings is 1. The Morgan fingerprint density at radius 3 is 2.95 bits per heavy atom. The molecule has 0 saturated heterocycles. The topological polar surface area (TPSA) is 50.8 Å². The molecule has 1 heterocycles. The van der Waals surface area contributed by atoms with Crippen molar-refractivity contribution >= 4 is 5.91 Å². The number of nitrogens with zero attached hydrogens (tertiary/aromatic N) is 1. The molecule has 0 saturated carbocycles. The molecule has 0 bridgehead atoms. The third-order valence-corrected chi connectivity index (χ3v) is 3.23. The number of likely N-dealkylation sites (N-methyl/N-ethyl adjacent to an activating group) is 1. The molecule has 1 aliphatic rings. The van der Waals surface area contributed by atoms with Crippen molar-refractivity contribution in [3.63, 3.8) is 0 Å². The number of amides is 1. The van der Waals surface area contributed by atoms with Crippen molar-refractivity contribution in [1.29, 1.82) is 0 Å². The second-order valence-electron chi connectivity index (χ2n) is 4.74. The van der Waals surface area contributed by atoms with Gasteiger partial charge in [0.1, 0.15) is 6.61 Å². The summed E-state index contributed by atoms with van der Waals surface area (Å²) in [5.41, 5.74) is 0. The minimum atomic E-state index is -0.156. The van der Waals surface area contributed by atoms with E-state index in [0.717, 1.165) is 11.5 Å². The first kappa shape index (κ1) is 15.2. The van der Waals surface area contributed by atoms with Gasteiger partial charge in [-0.15, -0.1) is 6.42 Å². The Hall–Kier alpha value is -2.19. The van der Waals surface area contributed by atoms with Crippen LogP contribution in [0, 0.1) is 12.3 Å². The third-order valence-electron chi connectivity index (χ3n) is 3.23. The first-order chi connectivity index (χ1) is 10.2. The molecule has 1 amide bonds. The number of ether oxygens (including phenoxy) is 2. The van der Waals surface area contributed by atoms with Crippen LogP contribution in [0.1, 0.15) is 6.92 Å². The summed E-state index contributed by atoms with van der Waals surface area (Å²) >= 11 is 0. The predicted molar refractivity (Wildman–Crippen MR) is 80.3 cm³/mol. The molecule has 1 aromatic carbocycles. The summed E-state index contributed by atoms with van der Waals surface area (Å²) in [6.07, 6.45) is 4.99. The van der Waals surface area contributed by atoms with Crippen LogP contribution in [0.4, 0.5) is 0 Å². The number of carbonyl (C=O) groups excluding carboxylic acids is 1. The fourth-order valence-corrected chi connectivity index (χ4v) is 2.16. The number of carbonyl (C=O) groups is 1. The van der Waals surface area contributed by atoms with E-state index in [1.54, 1.807) is 4.90 Å². The van der Waals surface area contributed by atoms with Gasteiger partial charge in [-0.2, -0.15) is 0 Å². The van der Waals surface area contributed by atoms with E-state index in [1.807, 2.05) is 31.2 Å². The molecule has 1 aromatic rings. The molecule has 1 N–H and O–H groups in total. The van der Waals surface area contributed by atoms with E-state index < -0.39 is 0 Å². The SMILES string of the molecule is C#CCNCC(=O)N(CC)CC1COc2ccccc2O1. The van der Waals surface area contributed by atoms with E-state index in [1.165, 1.54) is 0 Å². The highest BCUT2D eigenvalue weighted by Gasteiger charge is 2.24. The van der Waals surface area contributed by atoms with Crippen molar-refractivity contribution in [3.8, 4) is 23.8 Å². The van der Waals surface area contributed by atoms with Crippen LogP contribution in [0.2, 0.25) is 0 Å². The normalized spacial score (nSPS) is 16.1. The molecule has 0 aliphatic carbocycles. The Labute approximate surface area is 125 Å². The Morgan fingerprint density at radius 1 is 1.48 bits per heavy atom. The summed E-state index contributed by atoms with van der Waals surface area (Å²) in [4.78, 5) is 13.8. The first-order valence-corrected chi connectivity index (χ1v) is 7.05. The van der Waals surface area contributed by atoms with Crippen LogP contribution in [0.3, 0.4) is 0 Å². The molecule has 1 unspecified atom stereocenters. The fraction of sp³-hybridized carbons (Fsp3) is 0.438. The zero-order valence-electron chi connectivity index (χ0n) is 12.2. The number of rotatable bonds is 6. The minimum absolute atomic E-state index is 0.00945. The predicted octanol–water partition coefficient (Wildman–Crippen LogP) is 0.898. The van der Waals surface area contributed by atoms with Crippen molar-refractivity contribution in [2.75, 3.05) is 32.8 Å². The van der Waals surface area contributed by atoms with Crippen molar-refractivity contribution in [1.82, 2.24) is 10.2 Å². The average molecular weight is 288 g/mol. The Morgan fingerprint density at radius 2 is 2.24 bits per heavy atom. The van der Waals surface area contributed by atoms with Gasteiger partial charge in [0.2, 0.25) is 5.91 Å². The van der Waals surface area contributed by atoms with E-state index in [0.29, 0.717) is 26.2 Å². The van der Waals surface area contributed by atoms with E-state index in [-0.39, 0.29) is 18.6 Å². The highest BCUT2D eigenvalue weighted by molar-refractivity contribution is 5.78. The lowest BCUT2D eigenvalue weighted by molar-refractivity contribution is -0.131. The van der Waals surface area contributed by atoms with Crippen molar-refractivity contribution < 1.29 is 14.3 Å². The lowest BCUT2D eigenvalue weighted by atomic mass is 10.2. The number of fused-ring (bicyclic) bond motifs is 1. The molecular weight excluding hydrogens is 268 g/mol. The maximum absolute atomic E-state index is 12.1. The van der Waals surface area contributed by atoms with Gasteiger partial charge in [0.05, 0.1) is 19.6 Å². The molecular formula is C16H20N2O3. The van der Waals surface area contributed by atoms with Gasteiger partial charge in [-0.3, -0.25) is 10.1 Å². The average Bonchev–Trinajstić information content (AvgIpc) is 2.52. The molecule has 1 atom stereocenters. The van der Waals surface area contributed by atoms with E-state index in [4.69, 9.17) is 15.9 Å². The zero-order valence-corrected chi connectivity index (χ0v) is 12.2. The first-order valence-electron chi connectivity index (χ1n) is 7.05. The second kappa shape index (κ2) is 7.55. The molecule has 112 valence electrons. The molecule has 5 heteroatoms. The maximum atomic E-state index is 12.1. The van der Waals surface area contributed by atoms with Gasteiger partial charge in [-0.25, -0.2) is 0 Å². The molecule has 0 spiro atoms. The second-order valence-corrected chi connectivity index (χ2v) is 4.74. The Kier molecular flexibility index (Phi) is 5.47. The van der Waals surface area contributed by atoms with Gasteiger partial charge in [-0.1, -0.05) is 18.1 Å². The van der Waals surface area contributed by atoms with Gasteiger partial charge in [-0.05, 0) is 19.1 Å². The number of terminal acetylenes is 1. The summed E-state index contributed by atoms with van der Waals surface area (Å²) in [7, 11) is 0. The Balaban J connectivity index is 1.88. The lowest BCUT2D eigenvalue weighted by Crippen LogP contribution is -2.46. The van der Waals surface area contributed by atoms with Crippen LogP contribution in [0.25, 0.3) is 0 Å². The van der Waals surface area contributed by atoms with Crippen molar-refractivity contribution in [2.45, 2.75) is 13.0 Å². The number of hydrogen-bond donors (Lipinski definition) is 1. The fourth-order valence-electron chi connectivity index (χ4n) is 2.16. The molecule has 0 radical (unpaired) electrons. The van der Waals surface area contributed by atoms with Crippen LogP contribution >= 0.6 is 0 Å². The quantitative estimate of drug-likeness (QED) is 0.624. The van der Waals surface area contributed by atoms with E-state index >= 15 is 0 Å². The summed E-state index contributed by atoms with van der Waals surface area (Å²) in [6, 6.07) is 7.55. The van der Waals surface area contributed by atoms with Gasteiger partial charge in [0.25, 0.3) is 0 Å². The standard InChI is InChI=1S/C16H20N2O3/c1-3-9-17-10-16(19)18(4-2)11-13-12-20-14-7-5-6-8-15(14)21-13/h1,5-8,13,17H,4,9-12H2,2H3. The van der Waals surface area contributed by atoms with Crippen LogP contribution in [0.5, 0.6) is 11.5 Å². The summed E-state index contributed by atoms with van der Waals surface area (Å²) < 4.78 is 11.5. The highest BCUT2D eigenvalue weighted by Crippen LogP contribution is 2.30. The smallest absolute Gasteiger partial charge is 0.236 e. The molecule has 2 rings (SSSR count). The summed E-state index contributed by atoms with van der Waals surface area (Å²) in [6.45, 7) is 4.14. The number of nitrogens with one attached hydrogen (secondary N) is 1. The number of para-hydroxylation sites is 2. The van der Waals surface area contributed by atoms with Crippen molar-refractivity contribution in [3.05, 3.63) is 24.3 Å². The van der Waals surface area contributed by atoms with E-state index in [2.05, 4.69) is 11.2 Å². The van der Waals surface area contributed by atoms with E-state index in [9.17, 15) is 4.79 Å². The molecule has 1 aliphatic heterocycles. The van der Waals surface area contributed by atoms with Gasteiger partial charge in [0, 0.05) is 6.54 Å². The monoisotopic (exact) mass is 288 g/mol. The van der Waals surface area contributed by atoms with Crippen LogP contribution < -0.4 is 14.8 Å². The Bertz CT molecular complexity index is 524. The number of hydrogen-bond acceptors (Lipinski definition) is 4. The highest BCUT2D eigenvalue weighted by atomic mass is 16.6. The van der Waals surface area contributed by atoms with Crippen molar-refractivity contribution in [2.24, 2.45) is 0 Å². The van der Waals surface area contributed by atoms with Gasteiger partial charge >= 0.3 is 0 Å². The van der Waals surface area contributed by atoms with Crippen LogP contribution in [0.15, 0.2) is 24.3 Å². The maximum Gasteiger partial charge on any atom is 0.236 e. The molecule has 0 fully saturated rings. The molecule has 5 nitrogen and oxygen atoms in total. The third kappa shape index (κ3) is 4.14. The van der Waals surface area contributed by atoms with Crippen LogP contribution in [-0.4, -0.2) is 49.7 Å². The lowest BCUT2D eigenvalue weighted by Gasteiger charge is -2.31. The minimum Gasteiger partial charge on any atom is -0.486 e. The largest absolute Gasteiger partial charge is 0.486 e. The van der Waals surface area contributed by atoms with Gasteiger partial charge in [0.15, 0.2) is 17.6 Å². The van der Waals surface area contributed by atoms with Crippen LogP contribution in [-0.2, 0) is 4.79 Å². The summed E-state index contributed by atoms with van der Waals surface area (Å²) in [5, 5.41) is 2.90. The molecule has 0 aromatic heterocycles. The zero-order chi connectivity index (χ0) is 15.1. The van der Waals surface area contributed by atoms with Gasteiger partial charge < -0.3 is 14.4 Å². The summed E-state index contributed by atoms with van der Waals surface area (Å²) in [5.74, 6) is 3.93.